The molecule has 30 heavy (non-hydrogen) atoms. The van der Waals surface area contributed by atoms with Crippen molar-refractivity contribution in [2.75, 3.05) is 23.3 Å². The van der Waals surface area contributed by atoms with E-state index < -0.39 is 10.0 Å². The van der Waals surface area contributed by atoms with Crippen molar-refractivity contribution in [3.05, 3.63) is 89.5 Å². The third kappa shape index (κ3) is 4.54. The third-order valence-electron chi connectivity index (χ3n) is 5.31. The maximum absolute atomic E-state index is 12.8. The van der Waals surface area contributed by atoms with Crippen LogP contribution in [0.3, 0.4) is 0 Å². The van der Waals surface area contributed by atoms with E-state index in [1.54, 1.807) is 66.5 Å². The van der Waals surface area contributed by atoms with E-state index in [4.69, 9.17) is 0 Å². The number of carbonyl (C=O) groups excluding carboxylic acids is 1. The monoisotopic (exact) mass is 422 g/mol. The average molecular weight is 423 g/mol. The van der Waals surface area contributed by atoms with Gasteiger partial charge in [0.15, 0.2) is 0 Å². The number of sulfonamides is 1. The number of benzene rings is 3. The Morgan fingerprint density at radius 2 is 1.40 bits per heavy atom. The third-order valence-corrected chi connectivity index (χ3v) is 7.11. The quantitative estimate of drug-likeness (QED) is 0.594. The normalized spacial score (nSPS) is 11.2. The molecule has 0 aromatic heterocycles. The van der Waals surface area contributed by atoms with Gasteiger partial charge in [0.05, 0.1) is 17.0 Å². The van der Waals surface area contributed by atoms with Crippen LogP contribution in [0, 0.1) is 13.8 Å². The summed E-state index contributed by atoms with van der Waals surface area (Å²) in [5.74, 6) is -0.0312. The van der Waals surface area contributed by atoms with E-state index in [2.05, 4.69) is 0 Å². The number of carbonyl (C=O) groups is 1. The van der Waals surface area contributed by atoms with E-state index in [-0.39, 0.29) is 17.2 Å². The lowest BCUT2D eigenvalue weighted by Crippen LogP contribution is -2.28. The van der Waals surface area contributed by atoms with Crippen molar-refractivity contribution in [3.63, 3.8) is 0 Å². The molecule has 0 atom stereocenters. The lowest BCUT2D eigenvalue weighted by molar-refractivity contribution is -0.117. The van der Waals surface area contributed by atoms with Gasteiger partial charge >= 0.3 is 0 Å². The van der Waals surface area contributed by atoms with Crippen molar-refractivity contribution >= 4 is 27.3 Å². The highest BCUT2D eigenvalue weighted by Crippen LogP contribution is 2.23. The Labute approximate surface area is 178 Å². The highest BCUT2D eigenvalue weighted by atomic mass is 32.2. The first-order valence-electron chi connectivity index (χ1n) is 9.67. The van der Waals surface area contributed by atoms with Gasteiger partial charge in [0.25, 0.3) is 10.0 Å². The zero-order valence-corrected chi connectivity index (χ0v) is 18.5. The maximum atomic E-state index is 12.8. The predicted octanol–water partition coefficient (Wildman–Crippen LogP) is 4.33. The molecule has 0 N–H and O–H groups in total. The van der Waals surface area contributed by atoms with Crippen LogP contribution in [0.2, 0.25) is 0 Å². The molecule has 1 amide bonds. The van der Waals surface area contributed by atoms with Gasteiger partial charge in [-0.1, -0.05) is 36.4 Å². The SMILES string of the molecule is Cc1ccc(N(C)C(=O)Cc2ccc(N(C)S(=O)(=O)c3ccccc3)cc2)cc1C. The Bertz CT molecular complexity index is 1140. The van der Waals surface area contributed by atoms with Crippen LogP contribution in [0.1, 0.15) is 16.7 Å². The summed E-state index contributed by atoms with van der Waals surface area (Å²) in [6.07, 6.45) is 0.235. The number of nitrogens with zero attached hydrogens (tertiary/aromatic N) is 2. The van der Waals surface area contributed by atoms with Crippen molar-refractivity contribution in [2.45, 2.75) is 25.2 Å². The van der Waals surface area contributed by atoms with Crippen LogP contribution < -0.4 is 9.21 Å². The summed E-state index contributed by atoms with van der Waals surface area (Å²) in [7, 11) is -0.338. The molecule has 0 spiro atoms. The molecule has 6 heteroatoms. The van der Waals surface area contributed by atoms with Gasteiger partial charge in [-0.05, 0) is 66.9 Å². The van der Waals surface area contributed by atoms with Crippen LogP contribution >= 0.6 is 0 Å². The molecular weight excluding hydrogens is 396 g/mol. The Balaban J connectivity index is 1.72. The fraction of sp³-hybridized carbons (Fsp3) is 0.208. The molecule has 0 heterocycles. The van der Waals surface area contributed by atoms with Crippen LogP contribution in [0.4, 0.5) is 11.4 Å². The van der Waals surface area contributed by atoms with Gasteiger partial charge in [0, 0.05) is 19.8 Å². The predicted molar refractivity (Wildman–Crippen MR) is 122 cm³/mol. The van der Waals surface area contributed by atoms with Crippen molar-refractivity contribution in [1.82, 2.24) is 0 Å². The van der Waals surface area contributed by atoms with Crippen molar-refractivity contribution < 1.29 is 13.2 Å². The standard InChI is InChI=1S/C24H26N2O3S/c1-18-10-13-22(16-19(18)2)25(3)24(27)17-20-11-14-21(15-12-20)26(4)30(28,29)23-8-6-5-7-9-23/h5-16H,17H2,1-4H3. The molecule has 0 bridgehead atoms. The molecule has 0 aliphatic rings. The van der Waals surface area contributed by atoms with E-state index in [1.165, 1.54) is 16.9 Å². The van der Waals surface area contributed by atoms with Crippen LogP contribution in [-0.4, -0.2) is 28.4 Å². The molecule has 0 fully saturated rings. The molecule has 156 valence electrons. The van der Waals surface area contributed by atoms with E-state index in [0.717, 1.165) is 16.8 Å². The minimum absolute atomic E-state index is 0.0312. The molecular formula is C24H26N2O3S. The molecule has 0 saturated heterocycles. The highest BCUT2D eigenvalue weighted by molar-refractivity contribution is 7.92. The van der Waals surface area contributed by atoms with Crippen molar-refractivity contribution in [2.24, 2.45) is 0 Å². The summed E-state index contributed by atoms with van der Waals surface area (Å²) in [5, 5.41) is 0. The molecule has 0 aliphatic heterocycles. The molecule has 3 aromatic carbocycles. The fourth-order valence-electron chi connectivity index (χ4n) is 3.08. The fourth-order valence-corrected chi connectivity index (χ4v) is 4.30. The first-order chi connectivity index (χ1) is 14.2. The van der Waals surface area contributed by atoms with E-state index in [0.29, 0.717) is 5.69 Å². The number of likely N-dealkylation sites (N-methyl/N-ethyl adjacent to an activating group) is 1. The molecule has 0 radical (unpaired) electrons. The van der Waals surface area contributed by atoms with Gasteiger partial charge in [-0.15, -0.1) is 0 Å². The summed E-state index contributed by atoms with van der Waals surface area (Å²) in [5.41, 5.74) is 4.54. The summed E-state index contributed by atoms with van der Waals surface area (Å²) >= 11 is 0. The second-order valence-electron chi connectivity index (χ2n) is 7.35. The van der Waals surface area contributed by atoms with E-state index >= 15 is 0 Å². The van der Waals surface area contributed by atoms with Gasteiger partial charge in [-0.25, -0.2) is 8.42 Å². The molecule has 0 aliphatic carbocycles. The zero-order valence-electron chi connectivity index (χ0n) is 17.7. The Morgan fingerprint density at radius 1 is 0.800 bits per heavy atom. The van der Waals surface area contributed by atoms with Crippen molar-refractivity contribution in [3.8, 4) is 0 Å². The lowest BCUT2D eigenvalue weighted by atomic mass is 10.1. The minimum Gasteiger partial charge on any atom is -0.315 e. The number of anilines is 2. The Hall–Kier alpha value is -3.12. The molecule has 0 unspecified atom stereocenters. The van der Waals surface area contributed by atoms with E-state index in [1.807, 2.05) is 32.0 Å². The first-order valence-corrected chi connectivity index (χ1v) is 11.1. The van der Waals surface area contributed by atoms with Gasteiger partial charge < -0.3 is 4.90 Å². The minimum atomic E-state index is -3.63. The van der Waals surface area contributed by atoms with Gasteiger partial charge in [-0.2, -0.15) is 0 Å². The molecule has 3 aromatic rings. The molecule has 5 nitrogen and oxygen atoms in total. The largest absolute Gasteiger partial charge is 0.315 e. The van der Waals surface area contributed by atoms with Gasteiger partial charge in [0.2, 0.25) is 5.91 Å². The second kappa shape index (κ2) is 8.71. The Kier molecular flexibility index (Phi) is 6.27. The van der Waals surface area contributed by atoms with Crippen LogP contribution in [0.25, 0.3) is 0 Å². The highest BCUT2D eigenvalue weighted by Gasteiger charge is 2.21. The number of rotatable bonds is 6. The first kappa shape index (κ1) is 21.6. The van der Waals surface area contributed by atoms with Crippen LogP contribution in [0.15, 0.2) is 77.7 Å². The molecule has 3 rings (SSSR count). The Morgan fingerprint density at radius 3 is 2.00 bits per heavy atom. The van der Waals surface area contributed by atoms with E-state index in [9.17, 15) is 13.2 Å². The maximum Gasteiger partial charge on any atom is 0.264 e. The number of hydrogen-bond donors (Lipinski definition) is 0. The topological polar surface area (TPSA) is 57.7 Å². The smallest absolute Gasteiger partial charge is 0.264 e. The average Bonchev–Trinajstić information content (AvgIpc) is 2.75. The van der Waals surface area contributed by atoms with Gasteiger partial charge in [-0.3, -0.25) is 9.10 Å². The summed E-state index contributed by atoms with van der Waals surface area (Å²) in [6, 6.07) is 21.3. The summed E-state index contributed by atoms with van der Waals surface area (Å²) < 4.78 is 26.8. The van der Waals surface area contributed by atoms with Crippen LogP contribution in [-0.2, 0) is 21.2 Å². The van der Waals surface area contributed by atoms with Gasteiger partial charge in [0.1, 0.15) is 0 Å². The molecule has 0 saturated carbocycles. The lowest BCUT2D eigenvalue weighted by Gasteiger charge is -2.20. The van der Waals surface area contributed by atoms with Crippen LogP contribution in [0.5, 0.6) is 0 Å². The number of aryl methyl sites for hydroxylation is 2. The zero-order chi connectivity index (χ0) is 21.9. The summed E-state index contributed by atoms with van der Waals surface area (Å²) in [6.45, 7) is 4.06. The summed E-state index contributed by atoms with van der Waals surface area (Å²) in [4.78, 5) is 14.6. The van der Waals surface area contributed by atoms with Crippen molar-refractivity contribution in [1.29, 1.82) is 0 Å². The number of hydrogen-bond acceptors (Lipinski definition) is 3. The second-order valence-corrected chi connectivity index (χ2v) is 9.32. The number of amides is 1.